The first-order valence-corrected chi connectivity index (χ1v) is 7.79. The topological polar surface area (TPSA) is 69.9 Å². The van der Waals surface area contributed by atoms with E-state index in [1.165, 1.54) is 43.2 Å². The molecule has 21 heavy (non-hydrogen) atoms. The molecule has 3 rings (SSSR count). The molecule has 112 valence electrons. The van der Waals surface area contributed by atoms with Gasteiger partial charge in [0, 0.05) is 11.5 Å². The first kappa shape index (κ1) is 14.0. The van der Waals surface area contributed by atoms with Crippen LogP contribution in [0, 0.1) is 13.8 Å². The lowest BCUT2D eigenvalue weighted by Gasteiger charge is -2.20. The molecule has 0 amide bonds. The van der Waals surface area contributed by atoms with Crippen molar-refractivity contribution in [2.45, 2.75) is 51.9 Å². The highest BCUT2D eigenvalue weighted by Crippen LogP contribution is 2.36. The van der Waals surface area contributed by atoms with Crippen LogP contribution in [0.4, 0.5) is 5.82 Å². The number of aromatic nitrogens is 2. The van der Waals surface area contributed by atoms with Crippen LogP contribution in [0.5, 0.6) is 0 Å². The van der Waals surface area contributed by atoms with E-state index in [9.17, 15) is 0 Å². The summed E-state index contributed by atoms with van der Waals surface area (Å²) in [5.74, 6) is 8.17. The van der Waals surface area contributed by atoms with Gasteiger partial charge < -0.3 is 11.6 Å². The van der Waals surface area contributed by atoms with Crippen molar-refractivity contribution < 1.29 is 0 Å². The Labute approximate surface area is 126 Å². The summed E-state index contributed by atoms with van der Waals surface area (Å²) in [6.45, 7) is 4.19. The largest absolute Gasteiger partial charge is 0.382 e. The van der Waals surface area contributed by atoms with Crippen LogP contribution in [-0.2, 0) is 0 Å². The fraction of sp³-hybridized carbons (Fsp3) is 0.471. The predicted molar refractivity (Wildman–Crippen MR) is 87.5 cm³/mol. The van der Waals surface area contributed by atoms with Crippen molar-refractivity contribution in [1.82, 2.24) is 9.66 Å². The molecular formula is C17H24N4. The first-order valence-electron chi connectivity index (χ1n) is 7.79. The van der Waals surface area contributed by atoms with E-state index in [0.717, 1.165) is 17.1 Å². The lowest BCUT2D eigenvalue weighted by Crippen LogP contribution is -2.19. The number of benzene rings is 1. The molecule has 1 aromatic carbocycles. The zero-order valence-corrected chi connectivity index (χ0v) is 12.9. The molecule has 0 bridgehead atoms. The Hall–Kier alpha value is -1.97. The lowest BCUT2D eigenvalue weighted by atomic mass is 9.89. The normalized spacial score (nSPS) is 16.3. The summed E-state index contributed by atoms with van der Waals surface area (Å²) < 4.78 is 1.61. The Bertz CT molecular complexity index is 631. The zero-order valence-electron chi connectivity index (χ0n) is 12.9. The highest BCUT2D eigenvalue weighted by molar-refractivity contribution is 5.76. The van der Waals surface area contributed by atoms with Gasteiger partial charge in [-0.25, -0.2) is 9.66 Å². The SMILES string of the molecule is Cc1cccc(C)c1-c1nc(C2CCCCC2)n(N)c1N. The number of hydrogen-bond donors (Lipinski definition) is 2. The van der Waals surface area contributed by atoms with Gasteiger partial charge in [-0.2, -0.15) is 0 Å². The molecular weight excluding hydrogens is 260 g/mol. The number of imidazole rings is 1. The van der Waals surface area contributed by atoms with Gasteiger partial charge in [0.25, 0.3) is 0 Å². The fourth-order valence-electron chi connectivity index (χ4n) is 3.48. The molecule has 0 atom stereocenters. The summed E-state index contributed by atoms with van der Waals surface area (Å²) in [5.41, 5.74) is 10.6. The molecule has 0 saturated heterocycles. The van der Waals surface area contributed by atoms with Crippen molar-refractivity contribution in [2.24, 2.45) is 0 Å². The molecule has 1 aliphatic carbocycles. The second-order valence-corrected chi connectivity index (χ2v) is 6.18. The number of aryl methyl sites for hydroxylation is 2. The Morgan fingerprint density at radius 1 is 1.10 bits per heavy atom. The third-order valence-corrected chi connectivity index (χ3v) is 4.66. The maximum absolute atomic E-state index is 6.26. The summed E-state index contributed by atoms with van der Waals surface area (Å²) in [6, 6.07) is 6.25. The van der Waals surface area contributed by atoms with Crippen LogP contribution in [0.15, 0.2) is 18.2 Å². The van der Waals surface area contributed by atoms with E-state index < -0.39 is 0 Å². The van der Waals surface area contributed by atoms with Crippen LogP contribution in [0.1, 0.15) is 55.0 Å². The minimum atomic E-state index is 0.448. The van der Waals surface area contributed by atoms with Crippen molar-refractivity contribution >= 4 is 5.82 Å². The van der Waals surface area contributed by atoms with E-state index >= 15 is 0 Å². The van der Waals surface area contributed by atoms with Gasteiger partial charge in [-0.1, -0.05) is 37.5 Å². The third kappa shape index (κ3) is 2.39. The molecule has 4 heteroatoms. The van der Waals surface area contributed by atoms with Crippen LogP contribution >= 0.6 is 0 Å². The average molecular weight is 284 g/mol. The second-order valence-electron chi connectivity index (χ2n) is 6.18. The van der Waals surface area contributed by atoms with Gasteiger partial charge in [-0.3, -0.25) is 0 Å². The summed E-state index contributed by atoms with van der Waals surface area (Å²) >= 11 is 0. The highest BCUT2D eigenvalue weighted by Gasteiger charge is 2.24. The van der Waals surface area contributed by atoms with Crippen molar-refractivity contribution in [2.75, 3.05) is 11.6 Å². The van der Waals surface area contributed by atoms with Crippen LogP contribution in [0.3, 0.4) is 0 Å². The van der Waals surface area contributed by atoms with Crippen LogP contribution in [0.25, 0.3) is 11.3 Å². The maximum atomic E-state index is 6.26. The Morgan fingerprint density at radius 3 is 2.33 bits per heavy atom. The third-order valence-electron chi connectivity index (χ3n) is 4.66. The van der Waals surface area contributed by atoms with E-state index in [1.54, 1.807) is 4.68 Å². The number of nitrogens with two attached hydrogens (primary N) is 2. The minimum Gasteiger partial charge on any atom is -0.382 e. The van der Waals surface area contributed by atoms with Gasteiger partial charge in [-0.05, 0) is 37.8 Å². The predicted octanol–water partition coefficient (Wildman–Crippen LogP) is 3.51. The van der Waals surface area contributed by atoms with Gasteiger partial charge >= 0.3 is 0 Å². The average Bonchev–Trinajstić information content (AvgIpc) is 2.77. The lowest BCUT2D eigenvalue weighted by molar-refractivity contribution is 0.424. The van der Waals surface area contributed by atoms with Crippen LogP contribution in [-0.4, -0.2) is 9.66 Å². The number of nitrogen functional groups attached to an aromatic ring is 2. The quantitative estimate of drug-likeness (QED) is 0.829. The molecule has 1 saturated carbocycles. The van der Waals surface area contributed by atoms with Gasteiger partial charge in [-0.15, -0.1) is 0 Å². The van der Waals surface area contributed by atoms with Crippen molar-refractivity contribution in [3.05, 3.63) is 35.2 Å². The molecule has 4 N–H and O–H groups in total. The number of rotatable bonds is 2. The molecule has 0 unspecified atom stereocenters. The molecule has 1 fully saturated rings. The van der Waals surface area contributed by atoms with E-state index in [1.807, 2.05) is 0 Å². The van der Waals surface area contributed by atoms with Crippen molar-refractivity contribution in [3.8, 4) is 11.3 Å². The summed E-state index contributed by atoms with van der Waals surface area (Å²) in [4.78, 5) is 4.84. The standard InChI is InChI=1S/C17H24N4/c1-11-7-6-8-12(2)14(11)15-16(18)21(19)17(20-15)13-9-4-3-5-10-13/h6-8,13H,3-5,9-10,18-19H2,1-2H3. The van der Waals surface area contributed by atoms with E-state index in [-0.39, 0.29) is 0 Å². The van der Waals surface area contributed by atoms with Crippen molar-refractivity contribution in [3.63, 3.8) is 0 Å². The van der Waals surface area contributed by atoms with Crippen LogP contribution < -0.4 is 11.6 Å². The molecule has 1 aromatic heterocycles. The molecule has 0 aliphatic heterocycles. The van der Waals surface area contributed by atoms with E-state index in [2.05, 4.69) is 32.0 Å². The van der Waals surface area contributed by atoms with Gasteiger partial charge in [0.2, 0.25) is 0 Å². The first-order chi connectivity index (χ1) is 10.1. The highest BCUT2D eigenvalue weighted by atomic mass is 15.4. The molecule has 1 heterocycles. The number of anilines is 1. The van der Waals surface area contributed by atoms with Crippen molar-refractivity contribution in [1.29, 1.82) is 0 Å². The smallest absolute Gasteiger partial charge is 0.150 e. The maximum Gasteiger partial charge on any atom is 0.150 e. The molecule has 1 aliphatic rings. The Kier molecular flexibility index (Phi) is 3.62. The summed E-state index contributed by atoms with van der Waals surface area (Å²) in [7, 11) is 0. The Balaban J connectivity index is 2.08. The van der Waals surface area contributed by atoms with Gasteiger partial charge in [0.05, 0.1) is 0 Å². The summed E-state index contributed by atoms with van der Waals surface area (Å²) in [5, 5.41) is 0. The van der Waals surface area contributed by atoms with Gasteiger partial charge in [0.1, 0.15) is 11.5 Å². The minimum absolute atomic E-state index is 0.448. The monoisotopic (exact) mass is 284 g/mol. The van der Waals surface area contributed by atoms with Crippen LogP contribution in [0.2, 0.25) is 0 Å². The molecule has 0 spiro atoms. The fourth-order valence-corrected chi connectivity index (χ4v) is 3.48. The second kappa shape index (κ2) is 5.43. The molecule has 4 nitrogen and oxygen atoms in total. The Morgan fingerprint density at radius 2 is 1.71 bits per heavy atom. The van der Waals surface area contributed by atoms with E-state index in [4.69, 9.17) is 16.6 Å². The van der Waals surface area contributed by atoms with Gasteiger partial charge in [0.15, 0.2) is 5.82 Å². The molecule has 0 radical (unpaired) electrons. The number of nitrogens with zero attached hydrogens (tertiary/aromatic N) is 2. The zero-order chi connectivity index (χ0) is 15.0. The summed E-state index contributed by atoms with van der Waals surface area (Å²) in [6.07, 6.45) is 6.17. The number of hydrogen-bond acceptors (Lipinski definition) is 3. The molecule has 2 aromatic rings. The van der Waals surface area contributed by atoms with E-state index in [0.29, 0.717) is 11.7 Å².